The van der Waals surface area contributed by atoms with Crippen LogP contribution in [-0.4, -0.2) is 69.4 Å². The van der Waals surface area contributed by atoms with Crippen molar-refractivity contribution in [1.82, 2.24) is 24.3 Å². The number of fused-ring (bicyclic) bond motifs is 1. The number of rotatable bonds is 6. The number of nitrogens with zero attached hydrogens (tertiary/aromatic N) is 5. The molecule has 194 valence electrons. The Balaban J connectivity index is 1.36. The van der Waals surface area contributed by atoms with Gasteiger partial charge in [-0.15, -0.1) is 0 Å². The van der Waals surface area contributed by atoms with Gasteiger partial charge in [0.2, 0.25) is 5.91 Å². The molecule has 3 heterocycles. The molecular formula is C28H26ClN5O4. The molecule has 0 aliphatic carbocycles. The standard InChI is InChI=1S/C28H26ClN5O4/c1-38-23-10-3-2-7-20(23)18-34-26-22(9-5-11-30-26)31-25(28(34)37)27(36)33-14-12-32(13-15-33)24(35)17-19-6-4-8-21(29)16-19/h2-11,16H,12-15,17-18H2,1H3. The van der Waals surface area contributed by atoms with E-state index in [1.165, 1.54) is 4.57 Å². The molecule has 0 spiro atoms. The predicted molar refractivity (Wildman–Crippen MR) is 144 cm³/mol. The third-order valence-electron chi connectivity index (χ3n) is 6.59. The monoisotopic (exact) mass is 531 g/mol. The number of para-hydroxylation sites is 1. The van der Waals surface area contributed by atoms with Gasteiger partial charge in [-0.2, -0.15) is 0 Å². The molecule has 10 heteroatoms. The highest BCUT2D eigenvalue weighted by Crippen LogP contribution is 2.20. The number of halogens is 1. The van der Waals surface area contributed by atoms with Gasteiger partial charge >= 0.3 is 0 Å². The lowest BCUT2D eigenvalue weighted by Crippen LogP contribution is -2.52. The third kappa shape index (κ3) is 5.24. The van der Waals surface area contributed by atoms with Gasteiger partial charge in [0.1, 0.15) is 11.3 Å². The van der Waals surface area contributed by atoms with Gasteiger partial charge in [0.25, 0.3) is 11.5 Å². The van der Waals surface area contributed by atoms with Crippen LogP contribution in [0.25, 0.3) is 11.2 Å². The van der Waals surface area contributed by atoms with Crippen LogP contribution in [0.2, 0.25) is 5.02 Å². The summed E-state index contributed by atoms with van der Waals surface area (Å²) in [5, 5.41) is 0.583. The normalized spacial score (nSPS) is 13.5. The number of ether oxygens (including phenoxy) is 1. The highest BCUT2D eigenvalue weighted by Gasteiger charge is 2.28. The molecule has 0 radical (unpaired) electrons. The lowest BCUT2D eigenvalue weighted by Gasteiger charge is -2.34. The van der Waals surface area contributed by atoms with Crippen LogP contribution >= 0.6 is 11.6 Å². The molecule has 0 N–H and O–H groups in total. The molecule has 1 aliphatic heterocycles. The number of hydrogen-bond donors (Lipinski definition) is 0. The van der Waals surface area contributed by atoms with Crippen molar-refractivity contribution in [3.8, 4) is 5.75 Å². The first-order chi connectivity index (χ1) is 18.4. The summed E-state index contributed by atoms with van der Waals surface area (Å²) in [5.41, 5.74) is 1.76. The van der Waals surface area contributed by atoms with Crippen LogP contribution in [0.15, 0.2) is 71.7 Å². The minimum Gasteiger partial charge on any atom is -0.496 e. The second-order valence-electron chi connectivity index (χ2n) is 8.99. The van der Waals surface area contributed by atoms with E-state index in [4.69, 9.17) is 16.3 Å². The molecule has 9 nitrogen and oxygen atoms in total. The number of carbonyl (C=O) groups excluding carboxylic acids is 2. The number of amides is 2. The molecule has 5 rings (SSSR count). The van der Waals surface area contributed by atoms with E-state index in [0.717, 1.165) is 11.1 Å². The molecule has 2 aromatic heterocycles. The zero-order valence-electron chi connectivity index (χ0n) is 20.8. The summed E-state index contributed by atoms with van der Waals surface area (Å²) in [6, 6.07) is 18.0. The zero-order chi connectivity index (χ0) is 26.6. The fraction of sp³-hybridized carbons (Fsp3) is 0.250. The van der Waals surface area contributed by atoms with Gasteiger partial charge in [-0.05, 0) is 35.9 Å². The van der Waals surface area contributed by atoms with Crippen LogP contribution in [0.5, 0.6) is 5.75 Å². The second kappa shape index (κ2) is 11.0. The maximum Gasteiger partial charge on any atom is 0.284 e. The van der Waals surface area contributed by atoms with Crippen molar-refractivity contribution >= 4 is 34.6 Å². The molecule has 2 amide bonds. The summed E-state index contributed by atoms with van der Waals surface area (Å²) in [5.74, 6) is 0.136. The summed E-state index contributed by atoms with van der Waals surface area (Å²) in [4.78, 5) is 51.9. The number of piperazine rings is 1. The Morgan fingerprint density at radius 2 is 1.74 bits per heavy atom. The van der Waals surface area contributed by atoms with Gasteiger partial charge in [-0.25, -0.2) is 9.97 Å². The highest BCUT2D eigenvalue weighted by atomic mass is 35.5. The minimum absolute atomic E-state index is 0.0339. The van der Waals surface area contributed by atoms with Crippen LogP contribution in [0.4, 0.5) is 0 Å². The summed E-state index contributed by atoms with van der Waals surface area (Å²) in [6.45, 7) is 1.52. The maximum atomic E-state index is 13.6. The van der Waals surface area contributed by atoms with Crippen molar-refractivity contribution in [3.05, 3.63) is 99.1 Å². The average molecular weight is 532 g/mol. The van der Waals surface area contributed by atoms with Crippen LogP contribution in [0.3, 0.4) is 0 Å². The van der Waals surface area contributed by atoms with Crippen molar-refractivity contribution in [2.24, 2.45) is 0 Å². The summed E-state index contributed by atoms with van der Waals surface area (Å²) < 4.78 is 6.91. The Morgan fingerprint density at radius 1 is 0.974 bits per heavy atom. The van der Waals surface area contributed by atoms with E-state index in [2.05, 4.69) is 9.97 Å². The molecule has 0 bridgehead atoms. The average Bonchev–Trinajstić information content (AvgIpc) is 2.94. The predicted octanol–water partition coefficient (Wildman–Crippen LogP) is 3.03. The van der Waals surface area contributed by atoms with Gasteiger partial charge in [0.15, 0.2) is 11.3 Å². The highest BCUT2D eigenvalue weighted by molar-refractivity contribution is 6.30. The first-order valence-corrected chi connectivity index (χ1v) is 12.6. The lowest BCUT2D eigenvalue weighted by atomic mass is 10.1. The van der Waals surface area contributed by atoms with Gasteiger partial charge in [0.05, 0.1) is 20.1 Å². The Labute approximate surface area is 224 Å². The summed E-state index contributed by atoms with van der Waals surface area (Å²) in [6.07, 6.45) is 1.82. The molecule has 0 atom stereocenters. The van der Waals surface area contributed by atoms with E-state index in [1.54, 1.807) is 47.4 Å². The first-order valence-electron chi connectivity index (χ1n) is 12.2. The van der Waals surface area contributed by atoms with Crippen molar-refractivity contribution < 1.29 is 14.3 Å². The molecule has 1 saturated heterocycles. The summed E-state index contributed by atoms with van der Waals surface area (Å²) in [7, 11) is 1.57. The van der Waals surface area contributed by atoms with Gasteiger partial charge in [-0.1, -0.05) is 41.9 Å². The van der Waals surface area contributed by atoms with Crippen LogP contribution in [-0.2, 0) is 17.8 Å². The largest absolute Gasteiger partial charge is 0.496 e. The van der Waals surface area contributed by atoms with Gasteiger partial charge in [-0.3, -0.25) is 19.0 Å². The molecule has 38 heavy (non-hydrogen) atoms. The lowest BCUT2D eigenvalue weighted by molar-refractivity contribution is -0.131. The molecule has 2 aromatic carbocycles. The van der Waals surface area contributed by atoms with Crippen molar-refractivity contribution in [3.63, 3.8) is 0 Å². The maximum absolute atomic E-state index is 13.6. The third-order valence-corrected chi connectivity index (χ3v) is 6.82. The Kier molecular flexibility index (Phi) is 7.37. The quantitative estimate of drug-likeness (QED) is 0.379. The number of pyridine rings is 1. The molecule has 0 unspecified atom stereocenters. The number of aromatic nitrogens is 3. The Hall–Kier alpha value is -4.24. The van der Waals surface area contributed by atoms with E-state index in [9.17, 15) is 14.4 Å². The Morgan fingerprint density at radius 3 is 2.50 bits per heavy atom. The van der Waals surface area contributed by atoms with Gasteiger partial charge in [0, 0.05) is 43.0 Å². The van der Waals surface area contributed by atoms with E-state index in [1.807, 2.05) is 36.4 Å². The second-order valence-corrected chi connectivity index (χ2v) is 9.43. The summed E-state index contributed by atoms with van der Waals surface area (Å²) >= 11 is 6.03. The van der Waals surface area contributed by atoms with E-state index >= 15 is 0 Å². The SMILES string of the molecule is COc1ccccc1Cn1c(=O)c(C(=O)N2CCN(C(=O)Cc3cccc(Cl)c3)CC2)nc2cccnc21. The van der Waals surface area contributed by atoms with E-state index in [-0.39, 0.29) is 24.6 Å². The topological polar surface area (TPSA) is 97.6 Å². The molecule has 0 saturated carbocycles. The van der Waals surface area contributed by atoms with E-state index in [0.29, 0.717) is 48.1 Å². The first kappa shape index (κ1) is 25.4. The van der Waals surface area contributed by atoms with Crippen LogP contribution in [0.1, 0.15) is 21.6 Å². The number of hydrogen-bond acceptors (Lipinski definition) is 6. The van der Waals surface area contributed by atoms with E-state index < -0.39 is 11.5 Å². The minimum atomic E-state index is -0.522. The fourth-order valence-corrected chi connectivity index (χ4v) is 4.82. The van der Waals surface area contributed by atoms with Crippen molar-refractivity contribution in [1.29, 1.82) is 0 Å². The molecule has 1 aliphatic rings. The number of methoxy groups -OCH3 is 1. The number of carbonyl (C=O) groups is 2. The van der Waals surface area contributed by atoms with Crippen molar-refractivity contribution in [2.75, 3.05) is 33.3 Å². The molecule has 4 aromatic rings. The van der Waals surface area contributed by atoms with Crippen LogP contribution < -0.4 is 10.3 Å². The van der Waals surface area contributed by atoms with Crippen molar-refractivity contribution in [2.45, 2.75) is 13.0 Å². The molecule has 1 fully saturated rings. The van der Waals surface area contributed by atoms with Crippen LogP contribution in [0, 0.1) is 0 Å². The smallest absolute Gasteiger partial charge is 0.284 e. The number of benzene rings is 2. The zero-order valence-corrected chi connectivity index (χ0v) is 21.6. The fourth-order valence-electron chi connectivity index (χ4n) is 4.61. The van der Waals surface area contributed by atoms with Gasteiger partial charge < -0.3 is 14.5 Å². The molecular weight excluding hydrogens is 506 g/mol. The Bertz CT molecular complexity index is 1560.